The fraction of sp³-hybridized carbons (Fsp3) is 0.400. The predicted octanol–water partition coefficient (Wildman–Crippen LogP) is 3.09. The van der Waals surface area contributed by atoms with Crippen LogP contribution >= 0.6 is 26.6 Å². The van der Waals surface area contributed by atoms with E-state index in [-0.39, 0.29) is 5.75 Å². The van der Waals surface area contributed by atoms with Gasteiger partial charge in [-0.2, -0.15) is 0 Å². The van der Waals surface area contributed by atoms with Crippen LogP contribution < -0.4 is 4.74 Å². The Bertz CT molecular complexity index is 485. The van der Waals surface area contributed by atoms with Crippen molar-refractivity contribution in [2.75, 3.05) is 7.11 Å². The molecule has 6 heteroatoms. The lowest BCUT2D eigenvalue weighted by Gasteiger charge is -2.12. The molecule has 1 aromatic carbocycles. The van der Waals surface area contributed by atoms with Crippen LogP contribution in [0.25, 0.3) is 0 Å². The second-order valence-electron chi connectivity index (χ2n) is 3.29. The number of benzene rings is 1. The lowest BCUT2D eigenvalue weighted by atomic mass is 10.1. The summed E-state index contributed by atoms with van der Waals surface area (Å²) in [7, 11) is 3.19. The maximum atomic E-state index is 11.1. The quantitative estimate of drug-likeness (QED) is 0.798. The Balaban J connectivity index is 3.31. The van der Waals surface area contributed by atoms with E-state index in [0.717, 1.165) is 16.5 Å². The number of hydrogen-bond donors (Lipinski definition) is 0. The first-order chi connectivity index (χ1) is 7.37. The third-order valence-electron chi connectivity index (χ3n) is 2.12. The molecular formula is C10H12BrClO3S. The van der Waals surface area contributed by atoms with Crippen molar-refractivity contribution >= 4 is 35.7 Å². The number of rotatable bonds is 4. The van der Waals surface area contributed by atoms with Crippen LogP contribution in [0.3, 0.4) is 0 Å². The summed E-state index contributed by atoms with van der Waals surface area (Å²) in [6.07, 6.45) is 0.762. The first kappa shape index (κ1) is 13.8. The zero-order valence-corrected chi connectivity index (χ0v) is 12.1. The van der Waals surface area contributed by atoms with E-state index in [2.05, 4.69) is 15.9 Å². The van der Waals surface area contributed by atoms with E-state index in [1.165, 1.54) is 7.11 Å². The smallest absolute Gasteiger partial charge is 0.236 e. The molecule has 90 valence electrons. The molecule has 0 aliphatic carbocycles. The molecule has 0 radical (unpaired) electrons. The summed E-state index contributed by atoms with van der Waals surface area (Å²) < 4.78 is 28.2. The van der Waals surface area contributed by atoms with Gasteiger partial charge in [0.05, 0.1) is 12.9 Å². The molecule has 0 amide bonds. The Morgan fingerprint density at radius 2 is 1.94 bits per heavy atom. The fourth-order valence-corrected chi connectivity index (χ4v) is 3.02. The number of methoxy groups -OCH3 is 1. The number of hydrogen-bond acceptors (Lipinski definition) is 3. The van der Waals surface area contributed by atoms with E-state index in [0.29, 0.717) is 11.3 Å². The molecule has 0 aliphatic heterocycles. The fourth-order valence-electron chi connectivity index (χ4n) is 1.53. The van der Waals surface area contributed by atoms with Crippen LogP contribution in [0.5, 0.6) is 5.75 Å². The lowest BCUT2D eigenvalue weighted by Crippen LogP contribution is -2.01. The topological polar surface area (TPSA) is 43.4 Å². The minimum absolute atomic E-state index is 0.232. The number of aryl methyl sites for hydroxylation is 1. The molecule has 0 atom stereocenters. The highest BCUT2D eigenvalue weighted by molar-refractivity contribution is 9.10. The van der Waals surface area contributed by atoms with E-state index in [9.17, 15) is 8.42 Å². The molecule has 3 nitrogen and oxygen atoms in total. The second-order valence-corrected chi connectivity index (χ2v) is 6.99. The Morgan fingerprint density at radius 3 is 2.38 bits per heavy atom. The summed E-state index contributed by atoms with van der Waals surface area (Å²) >= 11 is 3.33. The summed E-state index contributed by atoms with van der Waals surface area (Å²) in [6.45, 7) is 1.98. The Morgan fingerprint density at radius 1 is 1.38 bits per heavy atom. The van der Waals surface area contributed by atoms with Crippen molar-refractivity contribution in [2.24, 2.45) is 0 Å². The Hall–Kier alpha value is -0.260. The van der Waals surface area contributed by atoms with E-state index in [1.54, 1.807) is 6.07 Å². The number of halogens is 2. The van der Waals surface area contributed by atoms with Gasteiger partial charge in [0, 0.05) is 20.7 Å². The van der Waals surface area contributed by atoms with Crippen LogP contribution in [0, 0.1) is 0 Å². The lowest BCUT2D eigenvalue weighted by molar-refractivity contribution is 0.406. The Labute approximate surface area is 108 Å². The van der Waals surface area contributed by atoms with Gasteiger partial charge in [-0.3, -0.25) is 0 Å². The molecule has 0 fully saturated rings. The first-order valence-electron chi connectivity index (χ1n) is 4.65. The van der Waals surface area contributed by atoms with E-state index in [1.807, 2.05) is 13.0 Å². The minimum Gasteiger partial charge on any atom is -0.496 e. The maximum Gasteiger partial charge on any atom is 0.236 e. The molecule has 0 saturated heterocycles. The van der Waals surface area contributed by atoms with E-state index < -0.39 is 9.05 Å². The molecule has 1 aromatic rings. The highest BCUT2D eigenvalue weighted by Crippen LogP contribution is 2.30. The van der Waals surface area contributed by atoms with Gasteiger partial charge in [0.15, 0.2) is 0 Å². The summed E-state index contributed by atoms with van der Waals surface area (Å²) in [5.41, 5.74) is 1.52. The average molecular weight is 328 g/mol. The highest BCUT2D eigenvalue weighted by Gasteiger charge is 2.15. The molecule has 0 aromatic heterocycles. The molecular weight excluding hydrogens is 316 g/mol. The van der Waals surface area contributed by atoms with Crippen molar-refractivity contribution in [1.29, 1.82) is 0 Å². The van der Waals surface area contributed by atoms with Crippen LogP contribution in [0.1, 0.15) is 18.1 Å². The molecule has 0 aliphatic rings. The predicted molar refractivity (Wildman–Crippen MR) is 68.5 cm³/mol. The van der Waals surface area contributed by atoms with Crippen molar-refractivity contribution < 1.29 is 13.2 Å². The van der Waals surface area contributed by atoms with Gasteiger partial charge >= 0.3 is 0 Å². The van der Waals surface area contributed by atoms with Crippen molar-refractivity contribution in [1.82, 2.24) is 0 Å². The van der Waals surface area contributed by atoms with Gasteiger partial charge in [0.25, 0.3) is 0 Å². The largest absolute Gasteiger partial charge is 0.496 e. The maximum absolute atomic E-state index is 11.1. The number of ether oxygens (including phenoxy) is 1. The van der Waals surface area contributed by atoms with Gasteiger partial charge in [-0.25, -0.2) is 8.42 Å². The van der Waals surface area contributed by atoms with Crippen LogP contribution in [0.4, 0.5) is 0 Å². The van der Waals surface area contributed by atoms with Crippen molar-refractivity contribution in [2.45, 2.75) is 19.1 Å². The zero-order valence-electron chi connectivity index (χ0n) is 8.96. The molecule has 0 bridgehead atoms. The van der Waals surface area contributed by atoms with E-state index in [4.69, 9.17) is 15.4 Å². The van der Waals surface area contributed by atoms with Gasteiger partial charge in [0.2, 0.25) is 9.05 Å². The normalized spacial score (nSPS) is 11.5. The standard InChI is InChI=1S/C10H12BrClO3S/c1-3-7-4-9(11)5-8(10(7)15-2)6-16(12,13)14/h4-5H,3,6H2,1-2H3. The van der Waals surface area contributed by atoms with Crippen LogP contribution in [-0.2, 0) is 21.2 Å². The van der Waals surface area contributed by atoms with E-state index >= 15 is 0 Å². The van der Waals surface area contributed by atoms with Crippen molar-refractivity contribution in [3.8, 4) is 5.75 Å². The van der Waals surface area contributed by atoms with Crippen molar-refractivity contribution in [3.05, 3.63) is 27.7 Å². The molecule has 1 rings (SSSR count). The van der Waals surface area contributed by atoms with Gasteiger partial charge in [-0.05, 0) is 24.1 Å². The SMILES string of the molecule is CCc1cc(Br)cc(CS(=O)(=O)Cl)c1OC. The molecule has 16 heavy (non-hydrogen) atoms. The van der Waals surface area contributed by atoms with Crippen LogP contribution in [0.15, 0.2) is 16.6 Å². The van der Waals surface area contributed by atoms with Gasteiger partial charge < -0.3 is 4.74 Å². The zero-order chi connectivity index (χ0) is 12.3. The third-order valence-corrected chi connectivity index (χ3v) is 3.56. The summed E-state index contributed by atoms with van der Waals surface area (Å²) in [5.74, 6) is 0.361. The molecule has 0 N–H and O–H groups in total. The van der Waals surface area contributed by atoms with Gasteiger partial charge in [-0.1, -0.05) is 22.9 Å². The third kappa shape index (κ3) is 3.64. The van der Waals surface area contributed by atoms with Crippen molar-refractivity contribution in [3.63, 3.8) is 0 Å². The first-order valence-corrected chi connectivity index (χ1v) is 7.92. The molecule has 0 unspecified atom stereocenters. The average Bonchev–Trinajstić information content (AvgIpc) is 2.14. The second kappa shape index (κ2) is 5.38. The summed E-state index contributed by atoms with van der Waals surface area (Å²) in [6, 6.07) is 3.61. The monoisotopic (exact) mass is 326 g/mol. The Kier molecular flexibility index (Phi) is 4.64. The molecule has 0 saturated carbocycles. The van der Waals surface area contributed by atoms with Gasteiger partial charge in [0.1, 0.15) is 5.75 Å². The van der Waals surface area contributed by atoms with Crippen LogP contribution in [-0.4, -0.2) is 15.5 Å². The summed E-state index contributed by atoms with van der Waals surface area (Å²) in [5, 5.41) is 0. The molecule has 0 heterocycles. The van der Waals surface area contributed by atoms with Gasteiger partial charge in [-0.15, -0.1) is 0 Å². The van der Waals surface area contributed by atoms with Crippen LogP contribution in [0.2, 0.25) is 0 Å². The minimum atomic E-state index is -3.58. The summed E-state index contributed by atoms with van der Waals surface area (Å²) in [4.78, 5) is 0. The molecule has 0 spiro atoms. The highest BCUT2D eigenvalue weighted by atomic mass is 79.9.